The largest absolute Gasteiger partial charge is 0.485 e. The second-order valence-electron chi connectivity index (χ2n) is 6.20. The summed E-state index contributed by atoms with van der Waals surface area (Å²) < 4.78 is 49.5. The molecule has 0 aliphatic carbocycles. The SMILES string of the molecule is [2H]C([2H])(Oc1cc(C)n(-c2cc(C(C)=O)ncc2C)c(=O)c1Cl)c1ncc(F)cc1F. The molecule has 9 heteroatoms. The van der Waals surface area contributed by atoms with Gasteiger partial charge in [0.05, 0.1) is 14.6 Å². The summed E-state index contributed by atoms with van der Waals surface area (Å²) in [5, 5.41) is -0.474. The van der Waals surface area contributed by atoms with E-state index in [0.717, 1.165) is 0 Å². The number of aromatic nitrogens is 3. The monoisotopic (exact) mass is 421 g/mol. The van der Waals surface area contributed by atoms with Crippen LogP contribution in [-0.2, 0) is 6.56 Å². The molecular formula is C20H16ClF2N3O3. The average molecular weight is 422 g/mol. The van der Waals surface area contributed by atoms with E-state index in [1.807, 2.05) is 0 Å². The van der Waals surface area contributed by atoms with Crippen LogP contribution in [0.5, 0.6) is 5.75 Å². The third-order valence-electron chi connectivity index (χ3n) is 4.04. The van der Waals surface area contributed by atoms with Crippen LogP contribution in [0.4, 0.5) is 8.78 Å². The van der Waals surface area contributed by atoms with Crippen LogP contribution in [0, 0.1) is 25.5 Å². The topological polar surface area (TPSA) is 74.1 Å². The number of hydrogen-bond donors (Lipinski definition) is 0. The van der Waals surface area contributed by atoms with Gasteiger partial charge in [0.2, 0.25) is 0 Å². The van der Waals surface area contributed by atoms with Gasteiger partial charge in [0.25, 0.3) is 5.56 Å². The molecule has 0 spiro atoms. The molecule has 0 bridgehead atoms. The van der Waals surface area contributed by atoms with Crippen LogP contribution in [0.2, 0.25) is 5.02 Å². The van der Waals surface area contributed by atoms with Gasteiger partial charge in [0, 0.05) is 30.9 Å². The molecule has 0 amide bonds. The van der Waals surface area contributed by atoms with Gasteiger partial charge in [0.15, 0.2) is 11.6 Å². The molecule has 0 saturated carbocycles. The molecule has 150 valence electrons. The molecule has 3 heterocycles. The van der Waals surface area contributed by atoms with Crippen LogP contribution in [0.1, 0.15) is 37.1 Å². The van der Waals surface area contributed by atoms with E-state index in [1.165, 1.54) is 29.8 Å². The summed E-state index contributed by atoms with van der Waals surface area (Å²) in [4.78, 5) is 32.1. The molecule has 0 radical (unpaired) electrons. The van der Waals surface area contributed by atoms with Gasteiger partial charge in [0.1, 0.15) is 34.5 Å². The van der Waals surface area contributed by atoms with Crippen molar-refractivity contribution in [2.45, 2.75) is 27.3 Å². The predicted molar refractivity (Wildman–Crippen MR) is 103 cm³/mol. The Balaban J connectivity index is 2.10. The predicted octanol–water partition coefficient (Wildman–Crippen LogP) is 3.96. The van der Waals surface area contributed by atoms with E-state index < -0.39 is 34.5 Å². The van der Waals surface area contributed by atoms with E-state index in [2.05, 4.69) is 9.97 Å². The smallest absolute Gasteiger partial charge is 0.277 e. The van der Waals surface area contributed by atoms with E-state index >= 15 is 0 Å². The molecule has 0 fully saturated rings. The van der Waals surface area contributed by atoms with Gasteiger partial charge in [-0.05, 0) is 25.5 Å². The number of halogens is 3. The van der Waals surface area contributed by atoms with Gasteiger partial charge in [-0.2, -0.15) is 0 Å². The van der Waals surface area contributed by atoms with Crippen molar-refractivity contribution in [1.29, 1.82) is 0 Å². The van der Waals surface area contributed by atoms with Gasteiger partial charge >= 0.3 is 0 Å². The summed E-state index contributed by atoms with van der Waals surface area (Å²) in [7, 11) is 0. The molecule has 0 saturated heterocycles. The summed E-state index contributed by atoms with van der Waals surface area (Å²) >= 11 is 6.15. The Labute approximate surface area is 172 Å². The Bertz CT molecular complexity index is 1270. The fourth-order valence-corrected chi connectivity index (χ4v) is 2.77. The highest BCUT2D eigenvalue weighted by Gasteiger charge is 2.17. The molecule has 0 aliphatic rings. The van der Waals surface area contributed by atoms with Gasteiger partial charge in [-0.25, -0.2) is 8.78 Å². The molecule has 0 aliphatic heterocycles. The Morgan fingerprint density at radius 2 is 1.97 bits per heavy atom. The standard InChI is InChI=1S/C20H16ClF2N3O3/c1-10-7-24-15(12(3)27)6-17(10)26-11(2)4-18(19(21)20(26)28)29-9-16-14(23)5-13(22)8-25-16/h4-8H,9H2,1-3H3/i9D2. The van der Waals surface area contributed by atoms with Gasteiger partial charge in [-0.3, -0.25) is 24.1 Å². The van der Waals surface area contributed by atoms with Crippen molar-refractivity contribution in [3.05, 3.63) is 80.2 Å². The molecule has 6 nitrogen and oxygen atoms in total. The lowest BCUT2D eigenvalue weighted by Crippen LogP contribution is -2.23. The second-order valence-corrected chi connectivity index (χ2v) is 6.58. The molecule has 0 atom stereocenters. The molecule has 29 heavy (non-hydrogen) atoms. The van der Waals surface area contributed by atoms with Crippen LogP contribution in [0.3, 0.4) is 0 Å². The lowest BCUT2D eigenvalue weighted by molar-refractivity contribution is 0.101. The lowest BCUT2D eigenvalue weighted by Gasteiger charge is -2.16. The number of hydrogen-bond acceptors (Lipinski definition) is 5. The van der Waals surface area contributed by atoms with Crippen molar-refractivity contribution in [1.82, 2.24) is 14.5 Å². The number of carbonyl (C=O) groups is 1. The van der Waals surface area contributed by atoms with E-state index in [0.29, 0.717) is 29.2 Å². The minimum absolute atomic E-state index is 0.151. The van der Waals surface area contributed by atoms with Crippen molar-refractivity contribution < 1.29 is 21.1 Å². The van der Waals surface area contributed by atoms with Crippen LogP contribution in [0.15, 0.2) is 35.4 Å². The van der Waals surface area contributed by atoms with Gasteiger partial charge in [-0.1, -0.05) is 11.6 Å². The van der Waals surface area contributed by atoms with Crippen molar-refractivity contribution in [2.24, 2.45) is 0 Å². The zero-order valence-corrected chi connectivity index (χ0v) is 16.3. The number of pyridine rings is 3. The van der Waals surface area contributed by atoms with Gasteiger partial charge in [-0.15, -0.1) is 0 Å². The first kappa shape index (κ1) is 17.9. The molecular weight excluding hydrogens is 404 g/mol. The number of aryl methyl sites for hydroxylation is 2. The van der Waals surface area contributed by atoms with E-state index in [4.69, 9.17) is 19.1 Å². The first-order chi connectivity index (χ1) is 14.4. The number of ether oxygens (including phenoxy) is 1. The van der Waals surface area contributed by atoms with Gasteiger partial charge < -0.3 is 4.74 Å². The van der Waals surface area contributed by atoms with Crippen molar-refractivity contribution in [3.8, 4) is 11.4 Å². The van der Waals surface area contributed by atoms with Crippen LogP contribution in [-0.4, -0.2) is 20.3 Å². The number of nitrogens with zero attached hydrogens (tertiary/aromatic N) is 3. The summed E-state index contributed by atoms with van der Waals surface area (Å²) in [6.45, 7) is 1.73. The fourth-order valence-electron chi connectivity index (χ4n) is 2.59. The lowest BCUT2D eigenvalue weighted by atomic mass is 10.1. The second kappa shape index (κ2) is 8.08. The minimum atomic E-state index is -2.85. The molecule has 0 aromatic carbocycles. The maximum atomic E-state index is 14.0. The first-order valence-electron chi connectivity index (χ1n) is 9.33. The number of rotatable bonds is 5. The molecule has 0 N–H and O–H groups in total. The van der Waals surface area contributed by atoms with Crippen LogP contribution >= 0.6 is 11.6 Å². The highest BCUT2D eigenvalue weighted by molar-refractivity contribution is 6.31. The average Bonchev–Trinajstić information content (AvgIpc) is 2.66. The van der Waals surface area contributed by atoms with E-state index in [-0.39, 0.29) is 17.2 Å². The third kappa shape index (κ3) is 4.17. The van der Waals surface area contributed by atoms with Crippen LogP contribution < -0.4 is 10.3 Å². The Hall–Kier alpha value is -3.13. The maximum absolute atomic E-state index is 14.0. The van der Waals surface area contributed by atoms with Crippen molar-refractivity contribution in [3.63, 3.8) is 0 Å². The fraction of sp³-hybridized carbons (Fsp3) is 0.200. The summed E-state index contributed by atoms with van der Waals surface area (Å²) in [5.41, 5.74) is -0.140. The number of carbonyl (C=O) groups excluding carboxylic acids is 1. The number of ketones is 1. The van der Waals surface area contributed by atoms with Crippen LogP contribution in [0.25, 0.3) is 5.69 Å². The number of Topliss-reactive ketones (excluding diaryl/α,β-unsaturated/α-hetero) is 1. The Morgan fingerprint density at radius 1 is 1.24 bits per heavy atom. The maximum Gasteiger partial charge on any atom is 0.277 e. The highest BCUT2D eigenvalue weighted by Crippen LogP contribution is 2.25. The summed E-state index contributed by atoms with van der Waals surface area (Å²) in [6, 6.07) is 3.20. The molecule has 3 aromatic heterocycles. The Morgan fingerprint density at radius 3 is 2.62 bits per heavy atom. The highest BCUT2D eigenvalue weighted by atomic mass is 35.5. The quantitative estimate of drug-likeness (QED) is 0.583. The molecule has 3 rings (SSSR count). The van der Waals surface area contributed by atoms with E-state index in [1.54, 1.807) is 13.8 Å². The third-order valence-corrected chi connectivity index (χ3v) is 4.39. The molecule has 0 unspecified atom stereocenters. The zero-order valence-electron chi connectivity index (χ0n) is 17.6. The molecule has 3 aromatic rings. The summed E-state index contributed by atoms with van der Waals surface area (Å²) in [6.07, 6.45) is 2.08. The van der Waals surface area contributed by atoms with E-state index in [9.17, 15) is 18.4 Å². The van der Waals surface area contributed by atoms with Crippen molar-refractivity contribution in [2.75, 3.05) is 0 Å². The first-order valence-corrected chi connectivity index (χ1v) is 8.71. The normalized spacial score (nSPS) is 12.3. The van der Waals surface area contributed by atoms with Crippen molar-refractivity contribution >= 4 is 17.4 Å². The minimum Gasteiger partial charge on any atom is -0.485 e. The Kier molecular flexibility index (Phi) is 5.00. The zero-order chi connectivity index (χ0) is 23.1. The summed E-state index contributed by atoms with van der Waals surface area (Å²) in [5.74, 6) is -2.88.